The predicted molar refractivity (Wildman–Crippen MR) is 229 cm³/mol. The Morgan fingerprint density at radius 2 is 0.828 bits per heavy atom. The van der Waals surface area contributed by atoms with Crippen LogP contribution in [-0.4, -0.2) is 108 Å². The minimum atomic E-state index is -5.13. The van der Waals surface area contributed by atoms with Crippen molar-refractivity contribution in [3.8, 4) is 0 Å². The molecule has 13 nitrogen and oxygen atoms in total. The van der Waals surface area contributed by atoms with E-state index >= 15 is 0 Å². The van der Waals surface area contributed by atoms with Gasteiger partial charge in [-0.15, -0.1) is 0 Å². The number of aliphatic hydroxyl groups is 7. The molecule has 0 aromatic heterocycles. The number of unbranched alkanes of at least 4 members (excludes halogenated alkanes) is 27. The van der Waals surface area contributed by atoms with Crippen LogP contribution in [0, 0.1) is 0 Å². The maximum absolute atomic E-state index is 13.0. The van der Waals surface area contributed by atoms with Crippen LogP contribution >= 0.6 is 7.82 Å². The van der Waals surface area contributed by atoms with E-state index in [-0.39, 0.29) is 12.8 Å². The largest absolute Gasteiger partial charge is 0.472 e. The summed E-state index contributed by atoms with van der Waals surface area (Å²) in [5.74, 6) is -0.744. The summed E-state index contributed by atoms with van der Waals surface area (Å²) in [6.07, 6.45) is 20.4. The molecule has 1 rings (SSSR count). The minimum absolute atomic E-state index is 0.225. The first kappa shape index (κ1) is 55.3. The molecule has 0 aromatic carbocycles. The molecule has 346 valence electrons. The van der Waals surface area contributed by atoms with Crippen molar-refractivity contribution in [1.29, 1.82) is 0 Å². The zero-order valence-corrected chi connectivity index (χ0v) is 37.4. The molecule has 0 bridgehead atoms. The van der Waals surface area contributed by atoms with E-state index in [2.05, 4.69) is 19.2 Å². The van der Waals surface area contributed by atoms with Crippen molar-refractivity contribution in [3.63, 3.8) is 0 Å². The van der Waals surface area contributed by atoms with Crippen molar-refractivity contribution >= 4 is 13.7 Å². The predicted octanol–water partition coefficient (Wildman–Crippen LogP) is 7.65. The monoisotopic (exact) mass is 854 g/mol. The van der Waals surface area contributed by atoms with Gasteiger partial charge in [0.25, 0.3) is 0 Å². The molecule has 1 aliphatic carbocycles. The fourth-order valence-electron chi connectivity index (χ4n) is 7.80. The summed E-state index contributed by atoms with van der Waals surface area (Å²) >= 11 is 0. The Bertz CT molecular complexity index is 1010. The number of carbonyl (C=O) groups is 1. The number of nitrogens with one attached hydrogen (secondary N) is 1. The molecule has 1 fully saturated rings. The molecule has 0 spiro atoms. The number of aliphatic hydroxyl groups excluding tert-OH is 7. The standard InChI is InChI=1S/C44H88NO12P/c1-3-5-7-9-11-13-15-17-18-19-21-23-25-27-29-31-33-37(47)44(53)45-35(36(46)32-30-28-26-24-22-20-16-14-12-10-8-6-4-2)34-56-58(54,55)57-43-41(51)39(49)38(48)40(50)42(43)52/h35-43,46-52H,3-34H2,1-2H3,(H,45,53)(H,54,55)/t35-,36+,37?,38?,39+,40?,41?,42?,43?/m0/s1. The van der Waals surface area contributed by atoms with Crippen LogP contribution in [0.3, 0.4) is 0 Å². The van der Waals surface area contributed by atoms with E-state index in [9.17, 15) is 50.0 Å². The first-order valence-electron chi connectivity index (χ1n) is 23.6. The number of hydrogen-bond acceptors (Lipinski definition) is 11. The molecule has 1 aliphatic rings. The molecule has 0 radical (unpaired) electrons. The van der Waals surface area contributed by atoms with E-state index in [1.54, 1.807) is 0 Å². The van der Waals surface area contributed by atoms with E-state index in [1.807, 2.05) is 0 Å². The van der Waals surface area contributed by atoms with Gasteiger partial charge in [-0.3, -0.25) is 13.8 Å². The van der Waals surface area contributed by atoms with Gasteiger partial charge in [0, 0.05) is 0 Å². The first-order valence-corrected chi connectivity index (χ1v) is 25.1. The Morgan fingerprint density at radius 1 is 0.517 bits per heavy atom. The molecule has 58 heavy (non-hydrogen) atoms. The third-order valence-electron chi connectivity index (χ3n) is 11.8. The van der Waals surface area contributed by atoms with E-state index in [0.29, 0.717) is 12.8 Å². The molecule has 10 atom stereocenters. The van der Waals surface area contributed by atoms with Crippen LogP contribution in [0.1, 0.15) is 213 Å². The summed E-state index contributed by atoms with van der Waals surface area (Å²) < 4.78 is 22.9. The van der Waals surface area contributed by atoms with Crippen molar-refractivity contribution in [2.24, 2.45) is 0 Å². The van der Waals surface area contributed by atoms with Crippen molar-refractivity contribution in [2.75, 3.05) is 6.61 Å². The van der Waals surface area contributed by atoms with Crippen LogP contribution < -0.4 is 5.32 Å². The second kappa shape index (κ2) is 34.8. The van der Waals surface area contributed by atoms with Gasteiger partial charge < -0.3 is 46.0 Å². The van der Waals surface area contributed by atoms with Crippen LogP contribution in [0.25, 0.3) is 0 Å². The quantitative estimate of drug-likeness (QED) is 0.0215. The number of phosphoric ester groups is 1. The molecule has 9 N–H and O–H groups in total. The molecular weight excluding hydrogens is 765 g/mol. The molecule has 14 heteroatoms. The highest BCUT2D eigenvalue weighted by atomic mass is 31.2. The van der Waals surface area contributed by atoms with Crippen molar-refractivity contribution in [2.45, 2.75) is 268 Å². The van der Waals surface area contributed by atoms with Crippen LogP contribution in [0.5, 0.6) is 0 Å². The van der Waals surface area contributed by atoms with Gasteiger partial charge in [-0.1, -0.05) is 200 Å². The lowest BCUT2D eigenvalue weighted by Gasteiger charge is -2.41. The summed E-state index contributed by atoms with van der Waals surface area (Å²) in [4.78, 5) is 23.5. The Morgan fingerprint density at radius 3 is 1.19 bits per heavy atom. The van der Waals surface area contributed by atoms with Gasteiger partial charge in [0.2, 0.25) is 5.91 Å². The summed E-state index contributed by atoms with van der Waals surface area (Å²) in [7, 11) is -5.13. The van der Waals surface area contributed by atoms with Gasteiger partial charge >= 0.3 is 7.82 Å². The molecular formula is C44H88NO12P. The fourth-order valence-corrected chi connectivity index (χ4v) is 8.76. The third kappa shape index (κ3) is 25.9. The molecule has 0 aromatic rings. The van der Waals surface area contributed by atoms with Gasteiger partial charge in [0.15, 0.2) is 0 Å². The summed E-state index contributed by atoms with van der Waals surface area (Å²) in [5, 5.41) is 74.6. The highest BCUT2D eigenvalue weighted by Crippen LogP contribution is 2.47. The van der Waals surface area contributed by atoms with Gasteiger partial charge in [-0.25, -0.2) is 4.57 Å². The van der Waals surface area contributed by atoms with Gasteiger partial charge in [-0.2, -0.15) is 0 Å². The Balaban J connectivity index is 2.51. The lowest BCUT2D eigenvalue weighted by molar-refractivity contribution is -0.220. The number of amides is 1. The number of phosphoric acid groups is 1. The lowest BCUT2D eigenvalue weighted by atomic mass is 9.85. The van der Waals surface area contributed by atoms with Gasteiger partial charge in [-0.05, 0) is 12.8 Å². The maximum Gasteiger partial charge on any atom is 0.472 e. The number of rotatable bonds is 39. The van der Waals surface area contributed by atoms with Crippen molar-refractivity contribution < 1.29 is 59.0 Å². The molecule has 0 heterocycles. The third-order valence-corrected chi connectivity index (χ3v) is 12.8. The molecule has 0 saturated heterocycles. The molecule has 7 unspecified atom stereocenters. The van der Waals surface area contributed by atoms with E-state index < -0.39 is 75.2 Å². The van der Waals surface area contributed by atoms with Gasteiger partial charge in [0.05, 0.1) is 18.8 Å². The topological polar surface area (TPSA) is 226 Å². The molecule has 0 aliphatic heterocycles. The number of hydrogen-bond donors (Lipinski definition) is 9. The average Bonchev–Trinajstić information content (AvgIpc) is 3.20. The van der Waals surface area contributed by atoms with Crippen LogP contribution in [0.4, 0.5) is 0 Å². The smallest absolute Gasteiger partial charge is 0.391 e. The molecule has 1 saturated carbocycles. The van der Waals surface area contributed by atoms with E-state index in [0.717, 1.165) is 44.9 Å². The first-order chi connectivity index (χ1) is 27.9. The van der Waals surface area contributed by atoms with Gasteiger partial charge in [0.1, 0.15) is 42.7 Å². The van der Waals surface area contributed by atoms with Crippen LogP contribution in [0.15, 0.2) is 0 Å². The highest BCUT2D eigenvalue weighted by Gasteiger charge is 2.51. The summed E-state index contributed by atoms with van der Waals surface area (Å²) in [6.45, 7) is 3.76. The SMILES string of the molecule is CCCCCCCCCCCCCCCCCCC(O)C(=O)N[C@@H](COP(=O)(O)OC1C(O)C(O)C(O)[C@@H](O)C1O)[C@H](O)CCCCCCCCCCCCCCC. The minimum Gasteiger partial charge on any atom is -0.391 e. The number of carbonyl (C=O) groups excluding carboxylic acids is 1. The lowest BCUT2D eigenvalue weighted by Crippen LogP contribution is -2.64. The second-order valence-corrected chi connectivity index (χ2v) is 18.5. The van der Waals surface area contributed by atoms with Crippen LogP contribution in [-0.2, 0) is 18.4 Å². The van der Waals surface area contributed by atoms with Crippen molar-refractivity contribution in [1.82, 2.24) is 5.32 Å². The fraction of sp³-hybridized carbons (Fsp3) is 0.977. The Labute approximate surface area is 351 Å². The normalized spacial score (nSPS) is 23.7. The van der Waals surface area contributed by atoms with Crippen LogP contribution in [0.2, 0.25) is 0 Å². The summed E-state index contributed by atoms with van der Waals surface area (Å²) in [5.41, 5.74) is 0. The molecule has 1 amide bonds. The maximum atomic E-state index is 13.0. The highest BCUT2D eigenvalue weighted by molar-refractivity contribution is 7.47. The van der Waals surface area contributed by atoms with E-state index in [4.69, 9.17) is 9.05 Å². The second-order valence-electron chi connectivity index (χ2n) is 17.1. The Hall–Kier alpha value is -0.700. The Kier molecular flexibility index (Phi) is 33.2. The van der Waals surface area contributed by atoms with Crippen molar-refractivity contribution in [3.05, 3.63) is 0 Å². The average molecular weight is 854 g/mol. The van der Waals surface area contributed by atoms with E-state index in [1.165, 1.54) is 128 Å². The zero-order valence-electron chi connectivity index (χ0n) is 36.5. The zero-order chi connectivity index (χ0) is 43.0. The summed E-state index contributed by atoms with van der Waals surface area (Å²) in [6, 6.07) is -1.20.